The van der Waals surface area contributed by atoms with Gasteiger partial charge in [-0.05, 0) is 18.4 Å². The topological polar surface area (TPSA) is 88.3 Å². The number of rotatable bonds is 6. The zero-order chi connectivity index (χ0) is 17.2. The van der Waals surface area contributed by atoms with Crippen molar-refractivity contribution in [2.45, 2.75) is 45.2 Å². The van der Waals surface area contributed by atoms with Crippen LogP contribution in [0, 0.1) is 0 Å². The molecule has 1 aromatic heterocycles. The summed E-state index contributed by atoms with van der Waals surface area (Å²) >= 11 is 0. The Hall–Kier alpha value is -1.77. The van der Waals surface area contributed by atoms with Crippen molar-refractivity contribution in [2.75, 3.05) is 6.54 Å². The normalized spacial score (nSPS) is 19.2. The van der Waals surface area contributed by atoms with Crippen LogP contribution in [-0.4, -0.2) is 29.4 Å². The van der Waals surface area contributed by atoms with Gasteiger partial charge in [-0.15, -0.1) is 0 Å². The molecule has 8 heteroatoms. The highest BCUT2D eigenvalue weighted by atomic mass is 32.2. The highest BCUT2D eigenvalue weighted by Crippen LogP contribution is 2.33. The van der Waals surface area contributed by atoms with Crippen molar-refractivity contribution in [3.8, 4) is 0 Å². The molecule has 0 saturated carbocycles. The maximum Gasteiger partial charge on any atom is 0.280 e. The first kappa shape index (κ1) is 17.1. The molecule has 1 aromatic carbocycles. The fourth-order valence-electron chi connectivity index (χ4n) is 2.75. The Morgan fingerprint density at radius 2 is 2.08 bits per heavy atom. The Morgan fingerprint density at radius 3 is 2.75 bits per heavy atom. The van der Waals surface area contributed by atoms with Crippen LogP contribution >= 0.6 is 0 Å². The summed E-state index contributed by atoms with van der Waals surface area (Å²) in [4.78, 5) is 4.36. The Morgan fingerprint density at radius 1 is 1.33 bits per heavy atom. The van der Waals surface area contributed by atoms with E-state index in [1.165, 1.54) is 4.31 Å². The summed E-state index contributed by atoms with van der Waals surface area (Å²) in [5.74, 6) is 1.12. The fraction of sp³-hybridized carbons (Fsp3) is 0.500. The van der Waals surface area contributed by atoms with Crippen LogP contribution in [0.4, 0.5) is 0 Å². The predicted octanol–water partition coefficient (Wildman–Crippen LogP) is 2.36. The molecule has 0 aliphatic carbocycles. The van der Waals surface area contributed by atoms with E-state index in [0.717, 1.165) is 12.0 Å². The van der Waals surface area contributed by atoms with Crippen LogP contribution in [0.1, 0.15) is 55.9 Å². The third kappa shape index (κ3) is 3.66. The van der Waals surface area contributed by atoms with Crippen LogP contribution in [0.3, 0.4) is 0 Å². The standard InChI is InChI=1S/C16H22N4O3S/c1-12(2)15-18-16(23-19-15)14-9-6-10-20(14)24(21,22)17-11-13-7-4-3-5-8-13/h3-5,7-8,12,14,17H,6,9-11H2,1-2H3/t14-/m0/s1. The first-order valence-electron chi connectivity index (χ1n) is 8.11. The number of nitrogens with zero attached hydrogens (tertiary/aromatic N) is 3. The van der Waals surface area contributed by atoms with Gasteiger partial charge in [-0.25, -0.2) is 0 Å². The molecule has 1 saturated heterocycles. The monoisotopic (exact) mass is 350 g/mol. The van der Waals surface area contributed by atoms with Gasteiger partial charge in [-0.3, -0.25) is 0 Å². The van der Waals surface area contributed by atoms with Gasteiger partial charge in [0.1, 0.15) is 6.04 Å². The second kappa shape index (κ2) is 7.00. The maximum absolute atomic E-state index is 12.7. The minimum Gasteiger partial charge on any atom is -0.338 e. The Balaban J connectivity index is 1.73. The van der Waals surface area contributed by atoms with E-state index in [1.807, 2.05) is 44.2 Å². The van der Waals surface area contributed by atoms with Gasteiger partial charge in [0.25, 0.3) is 10.2 Å². The predicted molar refractivity (Wildman–Crippen MR) is 89.3 cm³/mol. The number of aromatic nitrogens is 2. The molecule has 1 N–H and O–H groups in total. The summed E-state index contributed by atoms with van der Waals surface area (Å²) in [5, 5.41) is 3.94. The lowest BCUT2D eigenvalue weighted by Gasteiger charge is -2.21. The van der Waals surface area contributed by atoms with Gasteiger partial charge >= 0.3 is 0 Å². The molecule has 0 bridgehead atoms. The zero-order valence-corrected chi connectivity index (χ0v) is 14.7. The summed E-state index contributed by atoms with van der Waals surface area (Å²) in [6.45, 7) is 4.65. The van der Waals surface area contributed by atoms with E-state index in [0.29, 0.717) is 24.7 Å². The van der Waals surface area contributed by atoms with Crippen LogP contribution < -0.4 is 4.72 Å². The van der Waals surface area contributed by atoms with Gasteiger partial charge in [0.05, 0.1) is 0 Å². The van der Waals surface area contributed by atoms with Gasteiger partial charge in [-0.2, -0.15) is 22.4 Å². The van der Waals surface area contributed by atoms with Crippen molar-refractivity contribution in [3.05, 3.63) is 47.6 Å². The molecule has 24 heavy (non-hydrogen) atoms. The van der Waals surface area contributed by atoms with Gasteiger partial charge in [0.15, 0.2) is 5.82 Å². The molecule has 1 aliphatic rings. The molecule has 2 aromatic rings. The third-order valence-electron chi connectivity index (χ3n) is 4.07. The molecule has 0 radical (unpaired) electrons. The number of nitrogens with one attached hydrogen (secondary N) is 1. The van der Waals surface area contributed by atoms with Crippen molar-refractivity contribution >= 4 is 10.2 Å². The molecule has 3 rings (SSSR count). The molecule has 0 spiro atoms. The van der Waals surface area contributed by atoms with Crippen LogP contribution in [0.5, 0.6) is 0 Å². The molecule has 0 unspecified atom stereocenters. The second-order valence-corrected chi connectivity index (χ2v) is 7.93. The van der Waals surface area contributed by atoms with Gasteiger partial charge < -0.3 is 4.52 Å². The molecule has 1 atom stereocenters. The van der Waals surface area contributed by atoms with E-state index < -0.39 is 16.3 Å². The van der Waals surface area contributed by atoms with E-state index in [4.69, 9.17) is 4.52 Å². The van der Waals surface area contributed by atoms with Crippen molar-refractivity contribution in [1.82, 2.24) is 19.2 Å². The van der Waals surface area contributed by atoms with Gasteiger partial charge in [0, 0.05) is 19.0 Å². The minimum absolute atomic E-state index is 0.144. The second-order valence-electron chi connectivity index (χ2n) is 6.23. The average molecular weight is 350 g/mol. The molecular weight excluding hydrogens is 328 g/mol. The first-order chi connectivity index (χ1) is 11.5. The number of hydrogen-bond donors (Lipinski definition) is 1. The molecule has 1 fully saturated rings. The van der Waals surface area contributed by atoms with Gasteiger partial charge in [-0.1, -0.05) is 49.3 Å². The summed E-state index contributed by atoms with van der Waals surface area (Å²) in [6, 6.07) is 9.05. The molecule has 0 amide bonds. The van der Waals surface area contributed by atoms with Crippen molar-refractivity contribution in [3.63, 3.8) is 0 Å². The number of hydrogen-bond acceptors (Lipinski definition) is 5. The third-order valence-corrected chi connectivity index (χ3v) is 5.64. The molecule has 130 valence electrons. The fourth-order valence-corrected chi connectivity index (χ4v) is 4.16. The van der Waals surface area contributed by atoms with Gasteiger partial charge in [0.2, 0.25) is 5.89 Å². The highest BCUT2D eigenvalue weighted by Gasteiger charge is 2.38. The van der Waals surface area contributed by atoms with Crippen molar-refractivity contribution in [2.24, 2.45) is 0 Å². The Labute approximate surface area is 142 Å². The summed E-state index contributed by atoms with van der Waals surface area (Å²) < 4.78 is 34.7. The van der Waals surface area contributed by atoms with E-state index in [1.54, 1.807) is 0 Å². The summed E-state index contributed by atoms with van der Waals surface area (Å²) in [6.07, 6.45) is 1.46. The van der Waals surface area contributed by atoms with E-state index in [9.17, 15) is 8.42 Å². The SMILES string of the molecule is CC(C)c1noc([C@@H]2CCCN2S(=O)(=O)NCc2ccccc2)n1. The van der Waals surface area contributed by atoms with Crippen LogP contribution in [0.25, 0.3) is 0 Å². The maximum atomic E-state index is 12.7. The summed E-state index contributed by atoms with van der Waals surface area (Å²) in [5.41, 5.74) is 0.914. The largest absolute Gasteiger partial charge is 0.338 e. The lowest BCUT2D eigenvalue weighted by atomic mass is 10.2. The lowest BCUT2D eigenvalue weighted by molar-refractivity contribution is 0.287. The molecule has 1 aliphatic heterocycles. The highest BCUT2D eigenvalue weighted by molar-refractivity contribution is 7.87. The van der Waals surface area contributed by atoms with E-state index >= 15 is 0 Å². The minimum atomic E-state index is -3.61. The van der Waals surface area contributed by atoms with E-state index in [2.05, 4.69) is 14.9 Å². The first-order valence-corrected chi connectivity index (χ1v) is 9.55. The lowest BCUT2D eigenvalue weighted by Crippen LogP contribution is -2.40. The number of benzene rings is 1. The van der Waals surface area contributed by atoms with Crippen LogP contribution in [0.15, 0.2) is 34.9 Å². The smallest absolute Gasteiger partial charge is 0.280 e. The molecule has 7 nitrogen and oxygen atoms in total. The molecular formula is C16H22N4O3S. The Bertz CT molecular complexity index is 774. The van der Waals surface area contributed by atoms with Crippen molar-refractivity contribution < 1.29 is 12.9 Å². The molecule has 2 heterocycles. The summed E-state index contributed by atoms with van der Waals surface area (Å²) in [7, 11) is -3.61. The van der Waals surface area contributed by atoms with Crippen LogP contribution in [-0.2, 0) is 16.8 Å². The Kier molecular flexibility index (Phi) is 4.98. The van der Waals surface area contributed by atoms with Crippen molar-refractivity contribution in [1.29, 1.82) is 0 Å². The van der Waals surface area contributed by atoms with E-state index in [-0.39, 0.29) is 12.5 Å². The average Bonchev–Trinajstić information content (AvgIpc) is 3.23. The van der Waals surface area contributed by atoms with Crippen LogP contribution in [0.2, 0.25) is 0 Å². The zero-order valence-electron chi connectivity index (χ0n) is 13.8. The quantitative estimate of drug-likeness (QED) is 0.864.